The van der Waals surface area contributed by atoms with E-state index in [0.717, 1.165) is 6.42 Å². The third-order valence-electron chi connectivity index (χ3n) is 2.92. The van der Waals surface area contributed by atoms with Crippen LogP contribution in [-0.2, 0) is 29.5 Å². The van der Waals surface area contributed by atoms with Gasteiger partial charge in [-0.1, -0.05) is 0 Å². The van der Waals surface area contributed by atoms with Gasteiger partial charge in [-0.05, 0) is 25.7 Å². The van der Waals surface area contributed by atoms with E-state index in [4.69, 9.17) is 10.2 Å². The van der Waals surface area contributed by atoms with Crippen molar-refractivity contribution in [2.75, 3.05) is 12.4 Å². The van der Waals surface area contributed by atoms with E-state index in [1.807, 2.05) is 18.8 Å². The Morgan fingerprint density at radius 1 is 1.20 bits per heavy atom. The van der Waals surface area contributed by atoms with Crippen molar-refractivity contribution in [1.82, 2.24) is 9.78 Å². The van der Waals surface area contributed by atoms with E-state index >= 15 is 0 Å². The number of nitrogens with one attached hydrogen (secondary N) is 1. The van der Waals surface area contributed by atoms with Crippen molar-refractivity contribution in [3.05, 3.63) is 23.4 Å². The molecule has 0 fully saturated rings. The Balaban J connectivity index is 0.000000221. The Kier molecular flexibility index (Phi) is 5.76. The summed E-state index contributed by atoms with van der Waals surface area (Å²) in [6.07, 6.45) is 6.08. The fourth-order valence-electron chi connectivity index (χ4n) is 2.14. The molecule has 7 heteroatoms. The average molecular weight is 281 g/mol. The summed E-state index contributed by atoms with van der Waals surface area (Å²) in [5.74, 6) is -1.32. The molecule has 0 saturated heterocycles. The van der Waals surface area contributed by atoms with Crippen molar-refractivity contribution in [2.24, 2.45) is 7.05 Å². The van der Waals surface area contributed by atoms with Gasteiger partial charge in [0.25, 0.3) is 0 Å². The monoisotopic (exact) mass is 281 g/mol. The smallest absolute Gasteiger partial charge is 0.328 e. The molecule has 0 aliphatic heterocycles. The molecule has 0 atom stereocenters. The Bertz CT molecular complexity index is 504. The van der Waals surface area contributed by atoms with Gasteiger partial charge in [0.1, 0.15) is 5.82 Å². The largest absolute Gasteiger partial charge is 0.478 e. The van der Waals surface area contributed by atoms with Gasteiger partial charge in [0.05, 0.1) is 5.69 Å². The van der Waals surface area contributed by atoms with Crippen molar-refractivity contribution in [3.63, 3.8) is 0 Å². The van der Waals surface area contributed by atoms with Crippen LogP contribution in [0.2, 0.25) is 0 Å². The van der Waals surface area contributed by atoms with Crippen LogP contribution in [-0.4, -0.2) is 39.0 Å². The molecule has 1 aromatic rings. The summed E-state index contributed by atoms with van der Waals surface area (Å²) in [4.78, 5) is 19.1. The van der Waals surface area contributed by atoms with Crippen LogP contribution in [0.5, 0.6) is 0 Å². The zero-order valence-corrected chi connectivity index (χ0v) is 11.6. The first kappa shape index (κ1) is 15.7. The maximum Gasteiger partial charge on any atom is 0.328 e. The maximum absolute atomic E-state index is 9.55. The Labute approximate surface area is 116 Å². The number of carboxylic acids is 2. The van der Waals surface area contributed by atoms with Crippen molar-refractivity contribution in [2.45, 2.75) is 25.7 Å². The summed E-state index contributed by atoms with van der Waals surface area (Å²) in [5, 5.41) is 23.3. The zero-order chi connectivity index (χ0) is 15.1. The van der Waals surface area contributed by atoms with E-state index in [9.17, 15) is 9.59 Å². The molecule has 20 heavy (non-hydrogen) atoms. The number of carbonyl (C=O) groups is 2. The highest BCUT2D eigenvalue weighted by molar-refractivity contribution is 5.89. The van der Waals surface area contributed by atoms with Crippen LogP contribution in [0.4, 0.5) is 5.82 Å². The summed E-state index contributed by atoms with van der Waals surface area (Å²) in [5.41, 5.74) is 2.74. The molecule has 7 nitrogen and oxygen atoms in total. The standard InChI is InChI=1S/C9H15N3.C4H4O4/c1-10-9-7-5-3-4-6-8(7)11-12(9)2;5-3(6)1-2-4(7)8/h10H,3-6H2,1-2H3;1-2H,(H,5,6)(H,7,8). The molecule has 2 rings (SSSR count). The Hall–Kier alpha value is -2.31. The van der Waals surface area contributed by atoms with Gasteiger partial charge in [-0.2, -0.15) is 5.10 Å². The lowest BCUT2D eigenvalue weighted by Crippen LogP contribution is -2.03. The minimum absolute atomic E-state index is 0.558. The van der Waals surface area contributed by atoms with Crippen LogP contribution in [0.25, 0.3) is 0 Å². The number of aromatic nitrogens is 2. The second-order valence-corrected chi connectivity index (χ2v) is 4.36. The van der Waals surface area contributed by atoms with Gasteiger partial charge in [0.15, 0.2) is 0 Å². The lowest BCUT2D eigenvalue weighted by Gasteiger charge is -2.10. The van der Waals surface area contributed by atoms with E-state index in [1.54, 1.807) is 0 Å². The first-order valence-electron chi connectivity index (χ1n) is 6.32. The van der Waals surface area contributed by atoms with Crippen LogP contribution in [0, 0.1) is 0 Å². The number of fused-ring (bicyclic) bond motifs is 1. The van der Waals surface area contributed by atoms with Crippen LogP contribution in [0.1, 0.15) is 24.1 Å². The van der Waals surface area contributed by atoms with Crippen molar-refractivity contribution in [1.29, 1.82) is 0 Å². The highest BCUT2D eigenvalue weighted by atomic mass is 16.4. The Morgan fingerprint density at radius 3 is 2.25 bits per heavy atom. The molecule has 3 N–H and O–H groups in total. The van der Waals surface area contributed by atoms with Gasteiger partial charge in [0, 0.05) is 31.8 Å². The van der Waals surface area contributed by atoms with E-state index in [2.05, 4.69) is 10.4 Å². The highest BCUT2D eigenvalue weighted by Crippen LogP contribution is 2.26. The summed E-state index contributed by atoms with van der Waals surface area (Å²) < 4.78 is 1.95. The minimum atomic E-state index is -1.26. The molecular formula is C13H19N3O4. The first-order valence-corrected chi connectivity index (χ1v) is 6.32. The summed E-state index contributed by atoms with van der Waals surface area (Å²) in [7, 11) is 3.97. The number of rotatable bonds is 3. The minimum Gasteiger partial charge on any atom is -0.478 e. The van der Waals surface area contributed by atoms with Crippen LogP contribution >= 0.6 is 0 Å². The number of anilines is 1. The van der Waals surface area contributed by atoms with Gasteiger partial charge < -0.3 is 15.5 Å². The Morgan fingerprint density at radius 2 is 1.75 bits per heavy atom. The topological polar surface area (TPSA) is 104 Å². The van der Waals surface area contributed by atoms with Crippen LogP contribution in [0.3, 0.4) is 0 Å². The molecule has 0 bridgehead atoms. The lowest BCUT2D eigenvalue weighted by atomic mass is 9.98. The van der Waals surface area contributed by atoms with Crippen molar-refractivity contribution >= 4 is 17.8 Å². The summed E-state index contributed by atoms with van der Waals surface area (Å²) in [6, 6.07) is 0. The molecule has 0 saturated carbocycles. The predicted octanol–water partition coefficient (Wildman–Crippen LogP) is 1.05. The predicted molar refractivity (Wildman–Crippen MR) is 73.8 cm³/mol. The molecule has 0 unspecified atom stereocenters. The fraction of sp³-hybridized carbons (Fsp3) is 0.462. The number of carboxylic acid groups (broad SMARTS) is 2. The van der Waals surface area contributed by atoms with E-state index in [1.165, 1.54) is 36.3 Å². The third-order valence-corrected chi connectivity index (χ3v) is 2.92. The lowest BCUT2D eigenvalue weighted by molar-refractivity contribution is -0.134. The van der Waals surface area contributed by atoms with Gasteiger partial charge in [-0.3, -0.25) is 4.68 Å². The number of nitrogens with zero attached hydrogens (tertiary/aromatic N) is 2. The fourth-order valence-corrected chi connectivity index (χ4v) is 2.14. The number of hydrogen-bond acceptors (Lipinski definition) is 4. The van der Waals surface area contributed by atoms with Gasteiger partial charge in [-0.15, -0.1) is 0 Å². The van der Waals surface area contributed by atoms with Gasteiger partial charge in [-0.25, -0.2) is 9.59 Å². The molecule has 0 aromatic carbocycles. The highest BCUT2D eigenvalue weighted by Gasteiger charge is 2.17. The van der Waals surface area contributed by atoms with Crippen LogP contribution in [0.15, 0.2) is 12.2 Å². The van der Waals surface area contributed by atoms with Gasteiger partial charge >= 0.3 is 11.9 Å². The number of hydrogen-bond donors (Lipinski definition) is 3. The molecule has 1 aliphatic rings. The number of aryl methyl sites for hydroxylation is 2. The van der Waals surface area contributed by atoms with E-state index in [0.29, 0.717) is 12.2 Å². The van der Waals surface area contributed by atoms with E-state index < -0.39 is 11.9 Å². The summed E-state index contributed by atoms with van der Waals surface area (Å²) >= 11 is 0. The average Bonchev–Trinajstić information content (AvgIpc) is 2.72. The second kappa shape index (κ2) is 7.32. The van der Waals surface area contributed by atoms with Crippen molar-refractivity contribution < 1.29 is 19.8 Å². The third kappa shape index (κ3) is 4.42. The second-order valence-electron chi connectivity index (χ2n) is 4.36. The normalized spacial score (nSPS) is 13.3. The van der Waals surface area contributed by atoms with E-state index in [-0.39, 0.29) is 0 Å². The number of aliphatic carboxylic acids is 2. The zero-order valence-electron chi connectivity index (χ0n) is 11.6. The first-order chi connectivity index (χ1) is 9.45. The van der Waals surface area contributed by atoms with Crippen LogP contribution < -0.4 is 5.32 Å². The molecular weight excluding hydrogens is 262 g/mol. The summed E-state index contributed by atoms with van der Waals surface area (Å²) in [6.45, 7) is 0. The SMILES string of the molecule is CNc1c2c(nn1C)CCCC2.O=C(O)C=CC(=O)O. The van der Waals surface area contributed by atoms with Gasteiger partial charge in [0.2, 0.25) is 0 Å². The quantitative estimate of drug-likeness (QED) is 0.715. The molecule has 0 amide bonds. The van der Waals surface area contributed by atoms with Crippen molar-refractivity contribution in [3.8, 4) is 0 Å². The molecule has 0 spiro atoms. The maximum atomic E-state index is 9.55. The molecule has 0 radical (unpaired) electrons. The molecule has 110 valence electrons. The molecule has 1 aliphatic carbocycles. The molecule has 1 aromatic heterocycles. The molecule has 1 heterocycles.